The van der Waals surface area contributed by atoms with Crippen molar-refractivity contribution in [2.45, 2.75) is 58.3 Å². The molecule has 6 nitrogen and oxygen atoms in total. The van der Waals surface area contributed by atoms with Gasteiger partial charge in [0.2, 0.25) is 0 Å². The van der Waals surface area contributed by atoms with Crippen LogP contribution in [0.15, 0.2) is 33.5 Å². The van der Waals surface area contributed by atoms with E-state index < -0.39 is 19.6 Å². The molecule has 0 saturated carbocycles. The molecule has 0 aromatic carbocycles. The Morgan fingerprint density at radius 2 is 2.04 bits per heavy atom. The summed E-state index contributed by atoms with van der Waals surface area (Å²) < 4.78 is 7.96. The third-order valence-corrected chi connectivity index (χ3v) is 11.1. The van der Waals surface area contributed by atoms with Crippen LogP contribution in [0.3, 0.4) is 0 Å². The van der Waals surface area contributed by atoms with Crippen molar-refractivity contribution in [3.8, 4) is 0 Å². The fraction of sp³-hybridized carbons (Fsp3) is 0.684. The van der Waals surface area contributed by atoms with Gasteiger partial charge >= 0.3 is 5.69 Å². The molecule has 26 heavy (non-hydrogen) atoms. The van der Waals surface area contributed by atoms with Crippen LogP contribution in [-0.4, -0.2) is 36.2 Å². The second-order valence-corrected chi connectivity index (χ2v) is 13.2. The molecule has 146 valence electrons. The normalized spacial score (nSPS) is 21.3. The number of nitrogens with zero attached hydrogens (tertiary/aromatic N) is 1. The summed E-state index contributed by atoms with van der Waals surface area (Å²) in [6, 6.07) is 1.18. The molecule has 0 fully saturated rings. The average Bonchev–Trinajstić information content (AvgIpc) is 2.95. The molecule has 0 radical (unpaired) electrons. The number of hydrogen-bond donors (Lipinski definition) is 2. The summed E-state index contributed by atoms with van der Waals surface area (Å²) in [4.78, 5) is 25.6. The monoisotopic (exact) mass is 380 g/mol. The molecule has 2 rings (SSSR count). The van der Waals surface area contributed by atoms with Gasteiger partial charge in [-0.1, -0.05) is 33.8 Å². The molecule has 0 amide bonds. The molecule has 2 N–H and O–H groups in total. The topological polar surface area (TPSA) is 84.3 Å². The van der Waals surface area contributed by atoms with Crippen LogP contribution in [0.1, 0.15) is 40.2 Å². The number of rotatable bonds is 7. The lowest BCUT2D eigenvalue weighted by Crippen LogP contribution is -2.46. The van der Waals surface area contributed by atoms with E-state index in [2.05, 4.69) is 45.8 Å². The molecular formula is C19H32N2O4Si. The largest absolute Gasteiger partial charge is 0.416 e. The van der Waals surface area contributed by atoms with Crippen LogP contribution in [0.25, 0.3) is 0 Å². The summed E-state index contributed by atoms with van der Waals surface area (Å²) in [7, 11) is -1.95. The highest BCUT2D eigenvalue weighted by Gasteiger charge is 2.44. The van der Waals surface area contributed by atoms with Crippen molar-refractivity contribution in [1.29, 1.82) is 0 Å². The minimum Gasteiger partial charge on any atom is -0.416 e. The van der Waals surface area contributed by atoms with E-state index >= 15 is 0 Å². The zero-order chi connectivity index (χ0) is 19.7. The molecule has 1 aromatic rings. The van der Waals surface area contributed by atoms with Crippen LogP contribution in [0.2, 0.25) is 18.1 Å². The first-order chi connectivity index (χ1) is 12.0. The third kappa shape index (κ3) is 4.10. The first kappa shape index (κ1) is 20.9. The second-order valence-electron chi connectivity index (χ2n) is 8.61. The van der Waals surface area contributed by atoms with Crippen molar-refractivity contribution in [2.75, 3.05) is 13.2 Å². The van der Waals surface area contributed by atoms with Crippen LogP contribution in [0.4, 0.5) is 0 Å². The van der Waals surface area contributed by atoms with Gasteiger partial charge in [-0.05, 0) is 36.0 Å². The maximum absolute atomic E-state index is 12.0. The molecule has 7 heteroatoms. The number of hydrogen-bond acceptors (Lipinski definition) is 4. The van der Waals surface area contributed by atoms with Gasteiger partial charge in [-0.3, -0.25) is 14.3 Å². The lowest BCUT2D eigenvalue weighted by atomic mass is 9.99. The minimum atomic E-state index is -1.95. The Balaban J connectivity index is 2.13. The predicted molar refractivity (Wildman–Crippen MR) is 106 cm³/mol. The van der Waals surface area contributed by atoms with Gasteiger partial charge in [0.25, 0.3) is 5.56 Å². The Labute approximate surface area is 156 Å². The maximum atomic E-state index is 12.0. The smallest absolute Gasteiger partial charge is 0.328 e. The Hall–Kier alpha value is -1.44. The molecular weight excluding hydrogens is 348 g/mol. The molecule has 1 aromatic heterocycles. The number of aromatic amines is 1. The molecule has 0 aliphatic heterocycles. The van der Waals surface area contributed by atoms with E-state index in [9.17, 15) is 14.7 Å². The molecule has 0 saturated heterocycles. The highest BCUT2D eigenvalue weighted by atomic mass is 28.4. The number of aliphatic hydroxyl groups excluding tert-OH is 1. The predicted octanol–water partition coefficient (Wildman–Crippen LogP) is 2.67. The lowest BCUT2D eigenvalue weighted by Gasteiger charge is -2.43. The van der Waals surface area contributed by atoms with Gasteiger partial charge < -0.3 is 9.53 Å². The van der Waals surface area contributed by atoms with E-state index in [1.165, 1.54) is 16.8 Å². The van der Waals surface area contributed by atoms with Crippen LogP contribution in [0.5, 0.6) is 0 Å². The van der Waals surface area contributed by atoms with Crippen molar-refractivity contribution in [3.05, 3.63) is 44.8 Å². The van der Waals surface area contributed by atoms with Gasteiger partial charge in [0.1, 0.15) is 0 Å². The number of aliphatic hydroxyl groups is 1. The highest BCUT2D eigenvalue weighted by Crippen LogP contribution is 2.45. The summed E-state index contributed by atoms with van der Waals surface area (Å²) in [5.74, 6) is 0.603. The first-order valence-corrected chi connectivity index (χ1v) is 12.2. The summed E-state index contributed by atoms with van der Waals surface area (Å²) in [6.45, 7) is 14.0. The van der Waals surface area contributed by atoms with Gasteiger partial charge in [-0.15, -0.1) is 0 Å². The third-order valence-electron chi connectivity index (χ3n) is 6.49. The summed E-state index contributed by atoms with van der Waals surface area (Å²) >= 11 is 0. The first-order valence-electron chi connectivity index (χ1n) is 9.26. The van der Waals surface area contributed by atoms with Crippen molar-refractivity contribution < 1.29 is 9.53 Å². The van der Waals surface area contributed by atoms with Crippen molar-refractivity contribution in [2.24, 2.45) is 11.8 Å². The number of nitrogens with one attached hydrogen (secondary N) is 1. The van der Waals surface area contributed by atoms with E-state index in [4.69, 9.17) is 4.43 Å². The number of aromatic nitrogens is 2. The zero-order valence-electron chi connectivity index (χ0n) is 16.7. The fourth-order valence-electron chi connectivity index (χ4n) is 3.32. The second kappa shape index (κ2) is 7.66. The van der Waals surface area contributed by atoms with E-state index in [-0.39, 0.29) is 23.6 Å². The average molecular weight is 381 g/mol. The van der Waals surface area contributed by atoms with Crippen LogP contribution < -0.4 is 11.2 Å². The van der Waals surface area contributed by atoms with Gasteiger partial charge in [0.05, 0.1) is 12.6 Å². The van der Waals surface area contributed by atoms with Gasteiger partial charge in [-0.2, -0.15) is 0 Å². The molecule has 0 spiro atoms. The van der Waals surface area contributed by atoms with Crippen LogP contribution >= 0.6 is 0 Å². The van der Waals surface area contributed by atoms with Crippen molar-refractivity contribution in [3.63, 3.8) is 0 Å². The van der Waals surface area contributed by atoms with Gasteiger partial charge in [-0.25, -0.2) is 4.79 Å². The van der Waals surface area contributed by atoms with Crippen molar-refractivity contribution in [1.82, 2.24) is 9.55 Å². The summed E-state index contributed by atoms with van der Waals surface area (Å²) in [5.41, 5.74) is 0.0765. The number of H-pyrrole nitrogens is 1. The SMILES string of the molecule is CC(C)C(C)(C)[Si](C)(C)OC[C@H]1C[C@@H](n2ccc(=O)[nH]c2=O)C=C1CO. The highest BCUT2D eigenvalue weighted by molar-refractivity contribution is 6.74. The zero-order valence-corrected chi connectivity index (χ0v) is 17.7. The van der Waals surface area contributed by atoms with E-state index in [0.29, 0.717) is 18.9 Å². The Bertz CT molecular complexity index is 776. The standard InChI is InChI=1S/C19H32N2O4Si/c1-13(2)19(3,4)26(5,6)25-12-15-10-16(9-14(15)11-22)21-8-7-17(23)20-18(21)24/h7-9,13,15-16,22H,10-12H2,1-6H3,(H,20,23,24)/t15-,16+/m1/s1. The Kier molecular flexibility index (Phi) is 6.15. The maximum Gasteiger partial charge on any atom is 0.328 e. The Morgan fingerprint density at radius 3 is 2.58 bits per heavy atom. The van der Waals surface area contributed by atoms with E-state index in [1.807, 2.05) is 6.08 Å². The van der Waals surface area contributed by atoms with Gasteiger partial charge in [0, 0.05) is 24.8 Å². The van der Waals surface area contributed by atoms with Crippen molar-refractivity contribution >= 4 is 8.32 Å². The van der Waals surface area contributed by atoms with E-state index in [0.717, 1.165) is 5.57 Å². The van der Waals surface area contributed by atoms with Crippen LogP contribution in [0, 0.1) is 11.8 Å². The van der Waals surface area contributed by atoms with E-state index in [1.54, 1.807) is 0 Å². The minimum absolute atomic E-state index is 0.0435. The molecule has 0 unspecified atom stereocenters. The Morgan fingerprint density at radius 1 is 1.38 bits per heavy atom. The quantitative estimate of drug-likeness (QED) is 0.563. The number of allylic oxidation sites excluding steroid dienone is 1. The summed E-state index contributed by atoms with van der Waals surface area (Å²) in [6.07, 6.45) is 4.13. The summed E-state index contributed by atoms with van der Waals surface area (Å²) in [5, 5.41) is 9.86. The fourth-order valence-corrected chi connectivity index (χ4v) is 5.70. The van der Waals surface area contributed by atoms with Crippen LogP contribution in [-0.2, 0) is 4.43 Å². The molecule has 1 heterocycles. The molecule has 1 aliphatic carbocycles. The molecule has 1 aliphatic rings. The lowest BCUT2D eigenvalue weighted by molar-refractivity contribution is 0.214. The van der Waals surface area contributed by atoms with Gasteiger partial charge in [0.15, 0.2) is 8.32 Å². The molecule has 0 bridgehead atoms. The molecule has 2 atom stereocenters.